The molecule has 0 amide bonds. The minimum Gasteiger partial charge on any atom is -0.508 e. The Morgan fingerprint density at radius 2 is 1.92 bits per heavy atom. The van der Waals surface area contributed by atoms with Crippen LogP contribution in [0.3, 0.4) is 0 Å². The molecule has 0 spiro atoms. The van der Waals surface area contributed by atoms with Gasteiger partial charge in [0.1, 0.15) is 11.5 Å². The fourth-order valence-corrected chi connectivity index (χ4v) is 2.29. The summed E-state index contributed by atoms with van der Waals surface area (Å²) >= 11 is 0. The van der Waals surface area contributed by atoms with Crippen LogP contribution in [0.4, 0.5) is 0 Å². The third kappa shape index (κ3) is 5.50. The van der Waals surface area contributed by atoms with Crippen LogP contribution >= 0.6 is 0 Å². The van der Waals surface area contributed by atoms with Gasteiger partial charge < -0.3 is 20.5 Å². The van der Waals surface area contributed by atoms with Crippen molar-refractivity contribution < 1.29 is 9.84 Å². The van der Waals surface area contributed by atoms with Crippen molar-refractivity contribution in [3.8, 4) is 11.5 Å². The molecule has 5 heteroatoms. The first kappa shape index (κ1) is 17.7. The van der Waals surface area contributed by atoms with Crippen molar-refractivity contribution in [3.63, 3.8) is 0 Å². The van der Waals surface area contributed by atoms with E-state index in [0.717, 1.165) is 31.0 Å². The first-order chi connectivity index (χ1) is 11.7. The summed E-state index contributed by atoms with van der Waals surface area (Å²) in [5.74, 6) is 1.66. The molecule has 0 fully saturated rings. The van der Waals surface area contributed by atoms with Gasteiger partial charge in [0.15, 0.2) is 5.96 Å². The van der Waals surface area contributed by atoms with E-state index in [1.807, 2.05) is 25.1 Å². The molecule has 0 bridgehead atoms. The van der Waals surface area contributed by atoms with E-state index in [2.05, 4.69) is 27.8 Å². The number of ether oxygens (including phenoxy) is 1. The SMILES string of the molecule is CCNC(=NCc1cc(OC)ccc1O)NCCc1ccccc1. The van der Waals surface area contributed by atoms with Gasteiger partial charge >= 0.3 is 0 Å². The van der Waals surface area contributed by atoms with Gasteiger partial charge in [-0.1, -0.05) is 30.3 Å². The average Bonchev–Trinajstić information content (AvgIpc) is 2.61. The Balaban J connectivity index is 1.95. The maximum absolute atomic E-state index is 9.93. The standard InChI is InChI=1S/C19H25N3O2/c1-3-20-19(21-12-11-15-7-5-4-6-8-15)22-14-16-13-17(24-2)9-10-18(16)23/h4-10,13,23H,3,11-12,14H2,1-2H3,(H2,20,21,22). The van der Waals surface area contributed by atoms with Crippen molar-refractivity contribution in [1.29, 1.82) is 0 Å². The van der Waals surface area contributed by atoms with E-state index >= 15 is 0 Å². The van der Waals surface area contributed by atoms with Crippen LogP contribution in [-0.2, 0) is 13.0 Å². The zero-order chi connectivity index (χ0) is 17.2. The number of aromatic hydroxyl groups is 1. The van der Waals surface area contributed by atoms with E-state index in [0.29, 0.717) is 12.3 Å². The van der Waals surface area contributed by atoms with Gasteiger partial charge in [-0.15, -0.1) is 0 Å². The molecule has 0 unspecified atom stereocenters. The van der Waals surface area contributed by atoms with Gasteiger partial charge in [0, 0.05) is 18.7 Å². The molecule has 0 saturated carbocycles. The molecule has 0 radical (unpaired) electrons. The second-order valence-corrected chi connectivity index (χ2v) is 5.35. The number of benzene rings is 2. The summed E-state index contributed by atoms with van der Waals surface area (Å²) in [5, 5.41) is 16.5. The Labute approximate surface area is 143 Å². The van der Waals surface area contributed by atoms with Gasteiger partial charge in [0.25, 0.3) is 0 Å². The van der Waals surface area contributed by atoms with Crippen LogP contribution in [-0.4, -0.2) is 31.3 Å². The molecule has 0 heterocycles. The highest BCUT2D eigenvalue weighted by atomic mass is 16.5. The first-order valence-corrected chi connectivity index (χ1v) is 8.15. The molecule has 3 N–H and O–H groups in total. The van der Waals surface area contributed by atoms with Crippen molar-refractivity contribution in [2.75, 3.05) is 20.2 Å². The molecule has 2 rings (SSSR count). The monoisotopic (exact) mass is 327 g/mol. The summed E-state index contributed by atoms with van der Waals surface area (Å²) in [6.45, 7) is 3.97. The number of hydrogen-bond acceptors (Lipinski definition) is 3. The number of phenolic OH excluding ortho intramolecular Hbond substituents is 1. The molecule has 2 aromatic rings. The summed E-state index contributed by atoms with van der Waals surface area (Å²) in [6.07, 6.45) is 0.926. The largest absolute Gasteiger partial charge is 0.508 e. The summed E-state index contributed by atoms with van der Waals surface area (Å²) in [7, 11) is 1.61. The number of methoxy groups -OCH3 is 1. The van der Waals surface area contributed by atoms with E-state index < -0.39 is 0 Å². The number of nitrogens with one attached hydrogen (secondary N) is 2. The van der Waals surface area contributed by atoms with Crippen LogP contribution < -0.4 is 15.4 Å². The van der Waals surface area contributed by atoms with Crippen LogP contribution in [0.2, 0.25) is 0 Å². The van der Waals surface area contributed by atoms with Crippen LogP contribution in [0.5, 0.6) is 11.5 Å². The highest BCUT2D eigenvalue weighted by Crippen LogP contribution is 2.23. The molecule has 24 heavy (non-hydrogen) atoms. The predicted molar refractivity (Wildman–Crippen MR) is 97.6 cm³/mol. The van der Waals surface area contributed by atoms with Crippen LogP contribution in [0.15, 0.2) is 53.5 Å². The second kappa shape index (κ2) is 9.45. The van der Waals surface area contributed by atoms with E-state index in [1.54, 1.807) is 25.3 Å². The fourth-order valence-electron chi connectivity index (χ4n) is 2.29. The second-order valence-electron chi connectivity index (χ2n) is 5.35. The normalized spacial score (nSPS) is 11.2. The third-order valence-electron chi connectivity index (χ3n) is 3.59. The molecule has 0 saturated heterocycles. The Kier molecular flexibility index (Phi) is 6.95. The summed E-state index contributed by atoms with van der Waals surface area (Å²) < 4.78 is 5.19. The summed E-state index contributed by atoms with van der Waals surface area (Å²) in [5.41, 5.74) is 2.01. The lowest BCUT2D eigenvalue weighted by Gasteiger charge is -2.12. The Bertz CT molecular complexity index is 657. The number of guanidine groups is 1. The van der Waals surface area contributed by atoms with E-state index in [1.165, 1.54) is 5.56 Å². The maximum atomic E-state index is 9.93. The molecular weight excluding hydrogens is 302 g/mol. The topological polar surface area (TPSA) is 65.9 Å². The highest BCUT2D eigenvalue weighted by Gasteiger charge is 2.04. The molecule has 0 atom stereocenters. The number of rotatable bonds is 7. The summed E-state index contributed by atoms with van der Waals surface area (Å²) in [4.78, 5) is 4.53. The zero-order valence-corrected chi connectivity index (χ0v) is 14.2. The maximum Gasteiger partial charge on any atom is 0.191 e. The highest BCUT2D eigenvalue weighted by molar-refractivity contribution is 5.79. The summed E-state index contributed by atoms with van der Waals surface area (Å²) in [6, 6.07) is 15.5. The number of aliphatic imine (C=N–C) groups is 1. The lowest BCUT2D eigenvalue weighted by molar-refractivity contribution is 0.411. The molecule has 0 aliphatic heterocycles. The number of hydrogen-bond donors (Lipinski definition) is 3. The molecule has 128 valence electrons. The van der Waals surface area contributed by atoms with E-state index in [-0.39, 0.29) is 5.75 Å². The van der Waals surface area contributed by atoms with Crippen molar-refractivity contribution in [2.45, 2.75) is 19.9 Å². The van der Waals surface area contributed by atoms with Gasteiger partial charge in [-0.05, 0) is 37.1 Å². The Morgan fingerprint density at radius 1 is 1.12 bits per heavy atom. The van der Waals surface area contributed by atoms with E-state index in [4.69, 9.17) is 4.74 Å². The van der Waals surface area contributed by atoms with Gasteiger partial charge in [-0.2, -0.15) is 0 Å². The van der Waals surface area contributed by atoms with Crippen LogP contribution in [0.1, 0.15) is 18.1 Å². The smallest absolute Gasteiger partial charge is 0.191 e. The quantitative estimate of drug-likeness (QED) is 0.540. The first-order valence-electron chi connectivity index (χ1n) is 8.15. The van der Waals surface area contributed by atoms with Crippen molar-refractivity contribution in [1.82, 2.24) is 10.6 Å². The molecule has 0 aliphatic rings. The predicted octanol–water partition coefficient (Wildman–Crippen LogP) is 2.70. The fraction of sp³-hybridized carbons (Fsp3) is 0.316. The van der Waals surface area contributed by atoms with Crippen molar-refractivity contribution in [3.05, 3.63) is 59.7 Å². The third-order valence-corrected chi connectivity index (χ3v) is 3.59. The lowest BCUT2D eigenvalue weighted by Crippen LogP contribution is -2.38. The minimum atomic E-state index is 0.222. The zero-order valence-electron chi connectivity index (χ0n) is 14.2. The Hall–Kier alpha value is -2.69. The molecule has 5 nitrogen and oxygen atoms in total. The minimum absolute atomic E-state index is 0.222. The Morgan fingerprint density at radius 3 is 2.62 bits per heavy atom. The van der Waals surface area contributed by atoms with Crippen LogP contribution in [0, 0.1) is 0 Å². The lowest BCUT2D eigenvalue weighted by atomic mass is 10.1. The van der Waals surface area contributed by atoms with Gasteiger partial charge in [-0.3, -0.25) is 0 Å². The molecular formula is C19H25N3O2. The van der Waals surface area contributed by atoms with Crippen LogP contribution in [0.25, 0.3) is 0 Å². The number of phenols is 1. The van der Waals surface area contributed by atoms with E-state index in [9.17, 15) is 5.11 Å². The molecule has 2 aromatic carbocycles. The van der Waals surface area contributed by atoms with Crippen molar-refractivity contribution >= 4 is 5.96 Å². The van der Waals surface area contributed by atoms with Crippen molar-refractivity contribution in [2.24, 2.45) is 4.99 Å². The molecule has 0 aromatic heterocycles. The number of nitrogens with zero attached hydrogens (tertiary/aromatic N) is 1. The average molecular weight is 327 g/mol. The van der Waals surface area contributed by atoms with Gasteiger partial charge in [0.2, 0.25) is 0 Å². The molecule has 0 aliphatic carbocycles. The van der Waals surface area contributed by atoms with Gasteiger partial charge in [0.05, 0.1) is 13.7 Å². The van der Waals surface area contributed by atoms with Gasteiger partial charge in [-0.25, -0.2) is 4.99 Å².